The maximum Gasteiger partial charge on any atom is 0.100 e. The molecule has 0 radical (unpaired) electrons. The molecule has 0 N–H and O–H groups in total. The van der Waals surface area contributed by atoms with Crippen molar-refractivity contribution in [1.82, 2.24) is 0 Å². The lowest BCUT2D eigenvalue weighted by molar-refractivity contribution is 1.28. The van der Waals surface area contributed by atoms with Crippen LogP contribution >= 0.6 is 35.7 Å². The summed E-state index contributed by atoms with van der Waals surface area (Å²) in [5.74, 6) is 0. The Hall–Kier alpha value is -0.630. The number of thiol groups is 1. The fraction of sp³-hybridized carbons (Fsp3) is 0.100. The minimum Gasteiger partial charge on any atom is -0.192 e. The van der Waals surface area contributed by atoms with Crippen LogP contribution in [-0.4, -0.2) is 6.26 Å². The van der Waals surface area contributed by atoms with E-state index in [0.717, 1.165) is 15.2 Å². The zero-order valence-electron chi connectivity index (χ0n) is 7.44. The maximum atomic E-state index is 8.93. The number of nitriles is 1. The van der Waals surface area contributed by atoms with Gasteiger partial charge in [0.25, 0.3) is 0 Å². The lowest BCUT2D eigenvalue weighted by Crippen LogP contribution is -1.82. The summed E-state index contributed by atoms with van der Waals surface area (Å²) in [7, 11) is 0. The molecular formula is C10H7NS3. The molecule has 4 heteroatoms. The van der Waals surface area contributed by atoms with Gasteiger partial charge < -0.3 is 0 Å². The predicted molar refractivity (Wildman–Crippen MR) is 65.6 cm³/mol. The summed E-state index contributed by atoms with van der Waals surface area (Å²) >= 11 is 7.72. The fourth-order valence-electron chi connectivity index (χ4n) is 1.35. The number of thiophene rings is 1. The highest BCUT2D eigenvalue weighted by Gasteiger charge is 2.10. The van der Waals surface area contributed by atoms with Gasteiger partial charge in [0, 0.05) is 14.5 Å². The highest BCUT2D eigenvalue weighted by molar-refractivity contribution is 7.99. The van der Waals surface area contributed by atoms with Gasteiger partial charge in [0.2, 0.25) is 0 Å². The van der Waals surface area contributed by atoms with Gasteiger partial charge in [-0.1, -0.05) is 0 Å². The first-order chi connectivity index (χ1) is 6.77. The molecule has 0 unspecified atom stereocenters. The molecule has 1 aromatic heterocycles. The molecule has 0 spiro atoms. The van der Waals surface area contributed by atoms with Gasteiger partial charge in [-0.25, -0.2) is 0 Å². The number of rotatable bonds is 1. The topological polar surface area (TPSA) is 23.8 Å². The Morgan fingerprint density at radius 2 is 2.36 bits per heavy atom. The van der Waals surface area contributed by atoms with Crippen molar-refractivity contribution >= 4 is 45.8 Å². The molecule has 0 saturated heterocycles. The highest BCUT2D eigenvalue weighted by atomic mass is 32.2. The molecule has 0 aliphatic heterocycles. The van der Waals surface area contributed by atoms with Gasteiger partial charge >= 0.3 is 0 Å². The van der Waals surface area contributed by atoms with Gasteiger partial charge in [0.15, 0.2) is 0 Å². The minimum absolute atomic E-state index is 0.656. The minimum atomic E-state index is 0.656. The molecule has 1 aromatic carbocycles. The number of thioether (sulfide) groups is 1. The second kappa shape index (κ2) is 3.85. The molecule has 0 atom stereocenters. The fourth-order valence-corrected chi connectivity index (χ4v) is 3.75. The second-order valence-corrected chi connectivity index (χ2v) is 4.94. The molecule has 0 saturated carbocycles. The smallest absolute Gasteiger partial charge is 0.100 e. The van der Waals surface area contributed by atoms with E-state index in [0.29, 0.717) is 5.56 Å². The Kier molecular flexibility index (Phi) is 2.73. The summed E-state index contributed by atoms with van der Waals surface area (Å²) < 4.78 is 1.22. The molecule has 70 valence electrons. The van der Waals surface area contributed by atoms with Gasteiger partial charge in [-0.15, -0.1) is 35.7 Å². The van der Waals surface area contributed by atoms with Crippen LogP contribution in [-0.2, 0) is 0 Å². The van der Waals surface area contributed by atoms with E-state index in [2.05, 4.69) is 18.7 Å². The molecule has 0 aliphatic rings. The molecule has 2 aromatic rings. The summed E-state index contributed by atoms with van der Waals surface area (Å²) in [4.78, 5) is 1.91. The SMILES string of the molecule is CSc1c(S)c(C#N)cc2ccsc12. The van der Waals surface area contributed by atoms with E-state index in [1.165, 1.54) is 4.70 Å². The Morgan fingerprint density at radius 1 is 1.57 bits per heavy atom. The summed E-state index contributed by atoms with van der Waals surface area (Å²) in [5.41, 5.74) is 0.656. The second-order valence-electron chi connectivity index (χ2n) is 2.76. The first-order valence-electron chi connectivity index (χ1n) is 3.95. The van der Waals surface area contributed by atoms with Crippen molar-refractivity contribution in [2.75, 3.05) is 6.26 Å². The van der Waals surface area contributed by atoms with Crippen molar-refractivity contribution in [2.45, 2.75) is 9.79 Å². The third-order valence-corrected chi connectivity index (χ3v) is 4.51. The highest BCUT2D eigenvalue weighted by Crippen LogP contribution is 2.37. The van der Waals surface area contributed by atoms with Gasteiger partial charge in [0.05, 0.1) is 5.56 Å². The van der Waals surface area contributed by atoms with Crippen molar-refractivity contribution in [3.63, 3.8) is 0 Å². The average molecular weight is 237 g/mol. The maximum absolute atomic E-state index is 8.93. The first-order valence-corrected chi connectivity index (χ1v) is 6.50. The van der Waals surface area contributed by atoms with E-state index in [4.69, 9.17) is 5.26 Å². The van der Waals surface area contributed by atoms with Crippen LogP contribution < -0.4 is 0 Å². The van der Waals surface area contributed by atoms with Crippen LogP contribution in [0.2, 0.25) is 0 Å². The quantitative estimate of drug-likeness (QED) is 0.602. The molecule has 1 nitrogen and oxygen atoms in total. The largest absolute Gasteiger partial charge is 0.192 e. The summed E-state index contributed by atoms with van der Waals surface area (Å²) in [6.07, 6.45) is 2.01. The van der Waals surface area contributed by atoms with Gasteiger partial charge in [0.1, 0.15) is 6.07 Å². The first kappa shape index (κ1) is 9.91. The predicted octanol–water partition coefficient (Wildman–Crippen LogP) is 3.78. The van der Waals surface area contributed by atoms with E-state index in [1.54, 1.807) is 23.1 Å². The third kappa shape index (κ3) is 1.42. The van der Waals surface area contributed by atoms with Crippen LogP contribution in [0.5, 0.6) is 0 Å². The molecule has 0 fully saturated rings. The van der Waals surface area contributed by atoms with Crippen LogP contribution in [0.1, 0.15) is 5.56 Å². The molecule has 1 heterocycles. The van der Waals surface area contributed by atoms with Crippen molar-refractivity contribution in [3.8, 4) is 6.07 Å². The molecule has 0 aliphatic carbocycles. The van der Waals surface area contributed by atoms with Crippen LogP contribution in [0.15, 0.2) is 27.3 Å². The Balaban J connectivity index is 2.89. The van der Waals surface area contributed by atoms with E-state index in [1.807, 2.05) is 23.8 Å². The van der Waals surface area contributed by atoms with Gasteiger partial charge in [-0.3, -0.25) is 0 Å². The number of hydrogen-bond donors (Lipinski definition) is 1. The van der Waals surface area contributed by atoms with E-state index in [-0.39, 0.29) is 0 Å². The van der Waals surface area contributed by atoms with Crippen molar-refractivity contribution in [1.29, 1.82) is 5.26 Å². The summed E-state index contributed by atoms with van der Waals surface area (Å²) in [6.45, 7) is 0. The van der Waals surface area contributed by atoms with Gasteiger partial charge in [-0.2, -0.15) is 5.26 Å². The monoisotopic (exact) mass is 237 g/mol. The molecule has 2 rings (SSSR count). The Labute approximate surface area is 96.2 Å². The molecular weight excluding hydrogens is 230 g/mol. The van der Waals surface area contributed by atoms with Crippen molar-refractivity contribution < 1.29 is 0 Å². The number of nitrogens with zero attached hydrogens (tertiary/aromatic N) is 1. The average Bonchev–Trinajstić information content (AvgIpc) is 2.64. The summed E-state index contributed by atoms with van der Waals surface area (Å²) in [5, 5.41) is 12.1. The van der Waals surface area contributed by atoms with E-state index < -0.39 is 0 Å². The van der Waals surface area contributed by atoms with Gasteiger partial charge in [-0.05, 0) is 29.2 Å². The lowest BCUT2D eigenvalue weighted by atomic mass is 10.2. The number of fused-ring (bicyclic) bond motifs is 1. The summed E-state index contributed by atoms with van der Waals surface area (Å²) in [6, 6.07) is 6.10. The molecule has 0 amide bonds. The number of benzene rings is 1. The molecule has 0 bridgehead atoms. The zero-order chi connectivity index (χ0) is 10.1. The normalized spacial score (nSPS) is 10.4. The van der Waals surface area contributed by atoms with Crippen LogP contribution in [0.3, 0.4) is 0 Å². The van der Waals surface area contributed by atoms with Crippen molar-refractivity contribution in [2.24, 2.45) is 0 Å². The number of hydrogen-bond acceptors (Lipinski definition) is 4. The van der Waals surface area contributed by atoms with E-state index >= 15 is 0 Å². The van der Waals surface area contributed by atoms with Crippen LogP contribution in [0, 0.1) is 11.3 Å². The molecule has 14 heavy (non-hydrogen) atoms. The van der Waals surface area contributed by atoms with Crippen LogP contribution in [0.25, 0.3) is 10.1 Å². The Morgan fingerprint density at radius 3 is 3.00 bits per heavy atom. The van der Waals surface area contributed by atoms with Crippen LogP contribution in [0.4, 0.5) is 0 Å². The standard InChI is InChI=1S/C10H7NS3/c1-13-10-8(12)7(5-11)4-6-2-3-14-9(6)10/h2-4,12H,1H3. The third-order valence-electron chi connectivity index (χ3n) is 2.00. The van der Waals surface area contributed by atoms with E-state index in [9.17, 15) is 0 Å². The van der Waals surface area contributed by atoms with Crippen molar-refractivity contribution in [3.05, 3.63) is 23.1 Å². The zero-order valence-corrected chi connectivity index (χ0v) is 9.97. The Bertz CT molecular complexity index is 522. The lowest BCUT2D eigenvalue weighted by Gasteiger charge is -2.04.